The van der Waals surface area contributed by atoms with Crippen LogP contribution in [0.2, 0.25) is 5.02 Å². The SMILES string of the molecule is COc1ccc(CN(c2ncns2)S(=O)(=O)c2cc(Cl)c(OC(N)=O)cc2F)c(OC)c1. The highest BCUT2D eigenvalue weighted by atomic mass is 35.5. The Morgan fingerprint density at radius 3 is 2.56 bits per heavy atom. The van der Waals surface area contributed by atoms with E-state index in [4.69, 9.17) is 26.8 Å². The maximum Gasteiger partial charge on any atom is 0.410 e. The molecule has 0 aliphatic carbocycles. The molecule has 3 rings (SSSR count). The van der Waals surface area contributed by atoms with Crippen LogP contribution in [-0.4, -0.2) is 38.1 Å². The molecule has 0 saturated heterocycles. The number of hydrogen-bond acceptors (Lipinski definition) is 9. The lowest BCUT2D eigenvalue weighted by Crippen LogP contribution is -2.31. The normalized spacial score (nSPS) is 11.1. The van der Waals surface area contributed by atoms with Crippen LogP contribution in [0, 0.1) is 5.82 Å². The van der Waals surface area contributed by atoms with Gasteiger partial charge in [0.1, 0.15) is 28.5 Å². The minimum atomic E-state index is -4.54. The van der Waals surface area contributed by atoms with E-state index >= 15 is 0 Å². The predicted octanol–water partition coefficient (Wildman–Crippen LogP) is 3.20. The van der Waals surface area contributed by atoms with Gasteiger partial charge < -0.3 is 19.9 Å². The van der Waals surface area contributed by atoms with Crippen molar-refractivity contribution in [2.75, 3.05) is 18.5 Å². The number of nitrogens with two attached hydrogens (primary N) is 1. The zero-order valence-corrected chi connectivity index (χ0v) is 19.0. The lowest BCUT2D eigenvalue weighted by atomic mass is 10.2. The Kier molecular flexibility index (Phi) is 7.01. The average molecular weight is 503 g/mol. The molecule has 14 heteroatoms. The number of sulfonamides is 1. The van der Waals surface area contributed by atoms with Gasteiger partial charge in [0, 0.05) is 29.2 Å². The molecular formula is C18H16ClFN4O6S2. The van der Waals surface area contributed by atoms with Gasteiger partial charge in [0.05, 0.1) is 25.8 Å². The molecule has 0 radical (unpaired) electrons. The van der Waals surface area contributed by atoms with Crippen LogP contribution >= 0.6 is 23.1 Å². The van der Waals surface area contributed by atoms with Crippen molar-refractivity contribution >= 4 is 44.4 Å². The van der Waals surface area contributed by atoms with E-state index in [-0.39, 0.29) is 16.7 Å². The van der Waals surface area contributed by atoms with E-state index < -0.39 is 32.6 Å². The zero-order valence-electron chi connectivity index (χ0n) is 16.6. The summed E-state index contributed by atoms with van der Waals surface area (Å²) < 4.78 is 61.4. The number of anilines is 1. The molecule has 1 aromatic heterocycles. The molecule has 2 N–H and O–H groups in total. The predicted molar refractivity (Wildman–Crippen MR) is 114 cm³/mol. The second-order valence-electron chi connectivity index (χ2n) is 6.05. The number of carbonyl (C=O) groups is 1. The average Bonchev–Trinajstić information content (AvgIpc) is 3.28. The van der Waals surface area contributed by atoms with E-state index in [0.29, 0.717) is 23.1 Å². The van der Waals surface area contributed by atoms with Crippen LogP contribution in [-0.2, 0) is 16.6 Å². The highest BCUT2D eigenvalue weighted by Gasteiger charge is 2.32. The number of methoxy groups -OCH3 is 2. The van der Waals surface area contributed by atoms with E-state index in [1.165, 1.54) is 20.5 Å². The number of hydrogen-bond donors (Lipinski definition) is 1. The first-order chi connectivity index (χ1) is 15.2. The lowest BCUT2D eigenvalue weighted by molar-refractivity contribution is 0.210. The van der Waals surface area contributed by atoms with Crippen molar-refractivity contribution in [1.29, 1.82) is 0 Å². The van der Waals surface area contributed by atoms with Crippen molar-refractivity contribution in [3.05, 3.63) is 53.1 Å². The summed E-state index contributed by atoms with van der Waals surface area (Å²) in [4.78, 5) is 14.1. The van der Waals surface area contributed by atoms with Crippen LogP contribution in [0.3, 0.4) is 0 Å². The van der Waals surface area contributed by atoms with Gasteiger partial charge in [-0.25, -0.2) is 26.9 Å². The van der Waals surface area contributed by atoms with Crippen molar-refractivity contribution in [2.45, 2.75) is 11.4 Å². The molecule has 0 atom stereocenters. The van der Waals surface area contributed by atoms with Crippen LogP contribution in [0.25, 0.3) is 0 Å². The summed E-state index contributed by atoms with van der Waals surface area (Å²) in [5.74, 6) is -0.784. The zero-order chi connectivity index (χ0) is 23.5. The number of benzene rings is 2. The van der Waals surface area contributed by atoms with Gasteiger partial charge in [0.25, 0.3) is 10.0 Å². The van der Waals surface area contributed by atoms with Gasteiger partial charge in [-0.3, -0.25) is 0 Å². The van der Waals surface area contributed by atoms with Crippen LogP contribution < -0.4 is 24.2 Å². The fourth-order valence-electron chi connectivity index (χ4n) is 2.68. The summed E-state index contributed by atoms with van der Waals surface area (Å²) >= 11 is 6.77. The summed E-state index contributed by atoms with van der Waals surface area (Å²) in [6.07, 6.45) is -0.0648. The summed E-state index contributed by atoms with van der Waals surface area (Å²) in [5.41, 5.74) is 5.36. The number of rotatable bonds is 8. The molecule has 0 unspecified atom stereocenters. The van der Waals surface area contributed by atoms with Crippen molar-refractivity contribution < 1.29 is 31.8 Å². The maximum absolute atomic E-state index is 14.8. The molecule has 0 saturated carbocycles. The Morgan fingerprint density at radius 2 is 1.97 bits per heavy atom. The van der Waals surface area contributed by atoms with E-state index in [1.54, 1.807) is 18.2 Å². The van der Waals surface area contributed by atoms with Crippen LogP contribution in [0.15, 0.2) is 41.6 Å². The molecule has 0 aliphatic rings. The Balaban J connectivity index is 2.09. The van der Waals surface area contributed by atoms with Crippen LogP contribution in [0.5, 0.6) is 17.2 Å². The number of ether oxygens (including phenoxy) is 3. The topological polar surface area (TPSA) is 134 Å². The van der Waals surface area contributed by atoms with Gasteiger partial charge in [-0.05, 0) is 18.2 Å². The highest BCUT2D eigenvalue weighted by molar-refractivity contribution is 7.93. The number of primary amides is 1. The third-order valence-corrected chi connectivity index (χ3v) is 6.99. The fraction of sp³-hybridized carbons (Fsp3) is 0.167. The molecule has 32 heavy (non-hydrogen) atoms. The monoisotopic (exact) mass is 502 g/mol. The van der Waals surface area contributed by atoms with Crippen LogP contribution in [0.4, 0.5) is 14.3 Å². The molecule has 2 aromatic carbocycles. The standard InChI is InChI=1S/C18H16ClFN4O6S2/c1-28-11-4-3-10(14(5-11)29-2)8-24(18-22-9-23-31-18)32(26,27)16-6-12(19)15(7-13(16)20)30-17(21)25/h3-7,9H,8H2,1-2H3,(H2,21,25). The molecule has 1 heterocycles. The van der Waals surface area contributed by atoms with Crippen molar-refractivity contribution in [1.82, 2.24) is 9.36 Å². The maximum atomic E-state index is 14.8. The Hall–Kier alpha value is -3.16. The summed E-state index contributed by atoms with van der Waals surface area (Å²) in [6.45, 7) is -0.263. The van der Waals surface area contributed by atoms with E-state index in [9.17, 15) is 17.6 Å². The van der Waals surface area contributed by atoms with Gasteiger partial charge in [-0.15, -0.1) is 0 Å². The van der Waals surface area contributed by atoms with Crippen molar-refractivity contribution in [3.63, 3.8) is 0 Å². The number of carbonyl (C=O) groups excluding carboxylic acids is 1. The first kappa shape index (κ1) is 23.5. The molecule has 170 valence electrons. The molecule has 0 aliphatic heterocycles. The second kappa shape index (κ2) is 9.54. The summed E-state index contributed by atoms with van der Waals surface area (Å²) in [7, 11) is -1.65. The molecule has 0 fully saturated rings. The smallest absolute Gasteiger partial charge is 0.410 e. The minimum Gasteiger partial charge on any atom is -0.497 e. The molecule has 0 bridgehead atoms. The molecule has 10 nitrogen and oxygen atoms in total. The van der Waals surface area contributed by atoms with Gasteiger partial charge in [-0.1, -0.05) is 11.6 Å². The number of aromatic nitrogens is 2. The van der Waals surface area contributed by atoms with Gasteiger partial charge in [0.2, 0.25) is 5.13 Å². The minimum absolute atomic E-state index is 0.0177. The summed E-state index contributed by atoms with van der Waals surface area (Å²) in [6, 6.07) is 6.29. The van der Waals surface area contributed by atoms with E-state index in [0.717, 1.165) is 21.9 Å². The van der Waals surface area contributed by atoms with E-state index in [1.807, 2.05) is 0 Å². The van der Waals surface area contributed by atoms with Gasteiger partial charge >= 0.3 is 6.09 Å². The first-order valence-electron chi connectivity index (χ1n) is 8.64. The molecule has 1 amide bonds. The number of halogens is 2. The Labute approximate surface area is 191 Å². The molecule has 0 spiro atoms. The number of amides is 1. The Bertz CT molecular complexity index is 1240. The van der Waals surface area contributed by atoms with Crippen molar-refractivity contribution in [3.8, 4) is 17.2 Å². The number of nitrogens with zero attached hydrogens (tertiary/aromatic N) is 3. The third kappa shape index (κ3) is 4.84. The molecule has 3 aromatic rings. The second-order valence-corrected chi connectivity index (χ2v) is 9.04. The lowest BCUT2D eigenvalue weighted by Gasteiger charge is -2.23. The fourth-order valence-corrected chi connectivity index (χ4v) is 5.15. The van der Waals surface area contributed by atoms with E-state index in [2.05, 4.69) is 14.1 Å². The third-order valence-electron chi connectivity index (χ3n) is 4.14. The first-order valence-corrected chi connectivity index (χ1v) is 11.2. The van der Waals surface area contributed by atoms with Gasteiger partial charge in [0.15, 0.2) is 5.75 Å². The van der Waals surface area contributed by atoms with Gasteiger partial charge in [-0.2, -0.15) is 4.37 Å². The molecular weight excluding hydrogens is 487 g/mol. The summed E-state index contributed by atoms with van der Waals surface area (Å²) in [5, 5.41) is -0.348. The quantitative estimate of drug-likeness (QED) is 0.496. The Morgan fingerprint density at radius 1 is 1.22 bits per heavy atom. The van der Waals surface area contributed by atoms with Crippen LogP contribution in [0.1, 0.15) is 5.56 Å². The largest absolute Gasteiger partial charge is 0.497 e. The highest BCUT2D eigenvalue weighted by Crippen LogP contribution is 2.35. The van der Waals surface area contributed by atoms with Crippen molar-refractivity contribution in [2.24, 2.45) is 5.73 Å².